The van der Waals surface area contributed by atoms with Crippen molar-refractivity contribution in [3.05, 3.63) is 59.3 Å². The first-order chi connectivity index (χ1) is 13.6. The molecule has 3 N–H and O–H groups in total. The van der Waals surface area contributed by atoms with Gasteiger partial charge in [0.05, 0.1) is 0 Å². The summed E-state index contributed by atoms with van der Waals surface area (Å²) in [7, 11) is -3.29. The van der Waals surface area contributed by atoms with Crippen molar-refractivity contribution in [1.82, 2.24) is 2.78 Å². The Morgan fingerprint density at radius 3 is 2.59 bits per heavy atom. The summed E-state index contributed by atoms with van der Waals surface area (Å²) in [6, 6.07) is 6.76. The van der Waals surface area contributed by atoms with Crippen molar-refractivity contribution in [3.63, 3.8) is 0 Å². The van der Waals surface area contributed by atoms with E-state index in [1.165, 1.54) is 18.2 Å². The van der Waals surface area contributed by atoms with E-state index < -0.39 is 27.3 Å². The first-order valence-electron chi connectivity index (χ1n) is 8.42. The summed E-state index contributed by atoms with van der Waals surface area (Å²) >= 11 is -0.377. The molecule has 0 saturated carbocycles. The second-order valence-corrected chi connectivity index (χ2v) is 10.7. The Labute approximate surface area is 177 Å². The maximum absolute atomic E-state index is 15.0. The van der Waals surface area contributed by atoms with E-state index in [0.717, 1.165) is 12.3 Å². The van der Waals surface area contributed by atoms with Crippen molar-refractivity contribution >= 4 is 26.6 Å². The predicted octanol–water partition coefficient (Wildman–Crippen LogP) is 0.0649. The SMILES string of the molecule is C[I-]n1ccc2c(CCS(C)(=O)=O)c(Oc3ccc(F)c(C(=N)N)c3)c(F)cc21. The van der Waals surface area contributed by atoms with E-state index in [0.29, 0.717) is 16.5 Å². The summed E-state index contributed by atoms with van der Waals surface area (Å²) in [5, 5.41) is 8.15. The van der Waals surface area contributed by atoms with Crippen molar-refractivity contribution < 1.29 is 43.4 Å². The zero-order valence-corrected chi connectivity index (χ0v) is 18.6. The predicted molar refractivity (Wildman–Crippen MR) is 104 cm³/mol. The third kappa shape index (κ3) is 4.69. The Hall–Kier alpha value is -2.21. The molecule has 0 saturated heterocycles. The van der Waals surface area contributed by atoms with Gasteiger partial charge in [-0.1, -0.05) is 0 Å². The van der Waals surface area contributed by atoms with Crippen LogP contribution in [0.4, 0.5) is 8.78 Å². The molecule has 6 nitrogen and oxygen atoms in total. The zero-order valence-electron chi connectivity index (χ0n) is 15.7. The summed E-state index contributed by atoms with van der Waals surface area (Å²) in [5.74, 6) is -2.01. The molecule has 0 bridgehead atoms. The van der Waals surface area contributed by atoms with Gasteiger partial charge in [-0.25, -0.2) is 0 Å². The van der Waals surface area contributed by atoms with Crippen LogP contribution in [0.15, 0.2) is 36.5 Å². The molecular formula is C19H19F2IN3O3S-. The molecule has 156 valence electrons. The standard InChI is InChI=1S/C19H19F2IN3O3S/c1-22-25-7-5-12-13(6-8-29(2,26)27)18(16(21)10-17(12)25)28-11-3-4-15(20)14(9-11)19(23)24/h3-5,7,9-10H,6,8H2,1-2H3,(H3,23,24)/q-1. The molecule has 1 aromatic heterocycles. The topological polar surface area (TPSA) is 98.2 Å². The fraction of sp³-hybridized carbons (Fsp3) is 0.211. The molecule has 0 atom stereocenters. The molecule has 0 radical (unpaired) electrons. The fourth-order valence-electron chi connectivity index (χ4n) is 2.95. The fourth-order valence-corrected chi connectivity index (χ4v) is 4.93. The quantitative estimate of drug-likeness (QED) is 0.194. The van der Waals surface area contributed by atoms with Crippen molar-refractivity contribution in [2.45, 2.75) is 6.42 Å². The number of ether oxygens (including phenoxy) is 1. The number of nitrogens with zero attached hydrogens (tertiary/aromatic N) is 1. The first-order valence-corrected chi connectivity index (χ1v) is 13.6. The summed E-state index contributed by atoms with van der Waals surface area (Å²) in [4.78, 5) is 2.03. The van der Waals surface area contributed by atoms with Crippen LogP contribution in [0.25, 0.3) is 10.9 Å². The molecule has 3 rings (SSSR count). The van der Waals surface area contributed by atoms with Gasteiger partial charge in [-0.3, -0.25) is 0 Å². The van der Waals surface area contributed by atoms with E-state index in [4.69, 9.17) is 15.9 Å². The molecule has 1 heterocycles. The Morgan fingerprint density at radius 2 is 1.97 bits per heavy atom. The van der Waals surface area contributed by atoms with Crippen LogP contribution < -0.4 is 31.9 Å². The number of fused-ring (bicyclic) bond motifs is 1. The van der Waals surface area contributed by atoms with Gasteiger partial charge >= 0.3 is 178 Å². The average molecular weight is 534 g/mol. The summed E-state index contributed by atoms with van der Waals surface area (Å²) in [5.41, 5.74) is 6.31. The van der Waals surface area contributed by atoms with Gasteiger partial charge in [-0.05, 0) is 0 Å². The molecule has 2 aromatic carbocycles. The number of hydrogen-bond acceptors (Lipinski definition) is 4. The Kier molecular flexibility index (Phi) is 6.13. The van der Waals surface area contributed by atoms with E-state index in [1.807, 2.05) is 20.0 Å². The second-order valence-electron chi connectivity index (χ2n) is 6.43. The van der Waals surface area contributed by atoms with E-state index >= 15 is 4.39 Å². The number of benzene rings is 2. The zero-order chi connectivity index (χ0) is 21.3. The van der Waals surface area contributed by atoms with Crippen LogP contribution >= 0.6 is 0 Å². The van der Waals surface area contributed by atoms with E-state index in [-0.39, 0.29) is 50.7 Å². The number of alkyl halides is 1. The number of aryl methyl sites for hydroxylation is 1. The molecule has 0 spiro atoms. The summed E-state index contributed by atoms with van der Waals surface area (Å²) in [6.07, 6.45) is 3.03. The molecule has 0 aliphatic carbocycles. The van der Waals surface area contributed by atoms with Crippen LogP contribution in [0.3, 0.4) is 0 Å². The van der Waals surface area contributed by atoms with E-state index in [1.54, 1.807) is 0 Å². The van der Waals surface area contributed by atoms with Gasteiger partial charge in [0.15, 0.2) is 0 Å². The van der Waals surface area contributed by atoms with Crippen molar-refractivity contribution in [2.75, 3.05) is 16.9 Å². The number of aromatic nitrogens is 1. The molecule has 29 heavy (non-hydrogen) atoms. The number of halogens is 3. The van der Waals surface area contributed by atoms with Gasteiger partial charge in [0, 0.05) is 0 Å². The Balaban J connectivity index is 2.14. The Bertz CT molecular complexity index is 1210. The van der Waals surface area contributed by atoms with E-state index in [9.17, 15) is 12.8 Å². The van der Waals surface area contributed by atoms with Gasteiger partial charge in [0.25, 0.3) is 0 Å². The number of nitrogens with two attached hydrogens (primary N) is 1. The van der Waals surface area contributed by atoms with Crippen LogP contribution in [0, 0.1) is 17.0 Å². The van der Waals surface area contributed by atoms with Crippen molar-refractivity contribution in [2.24, 2.45) is 5.73 Å². The maximum atomic E-state index is 15.0. The monoisotopic (exact) mass is 534 g/mol. The summed E-state index contributed by atoms with van der Waals surface area (Å²) < 4.78 is 59.9. The summed E-state index contributed by atoms with van der Waals surface area (Å²) in [6.45, 7) is 0. The third-order valence-electron chi connectivity index (χ3n) is 4.31. The first kappa shape index (κ1) is 21.5. The Morgan fingerprint density at radius 1 is 1.24 bits per heavy atom. The van der Waals surface area contributed by atoms with Crippen molar-refractivity contribution in [1.29, 1.82) is 5.41 Å². The minimum absolute atomic E-state index is 0.0647. The van der Waals surface area contributed by atoms with E-state index in [2.05, 4.69) is 0 Å². The number of sulfone groups is 1. The second kappa shape index (κ2) is 8.27. The van der Waals surface area contributed by atoms with Crippen LogP contribution in [-0.4, -0.2) is 34.0 Å². The number of nitrogens with one attached hydrogen (secondary N) is 1. The molecule has 0 unspecified atom stereocenters. The van der Waals surface area contributed by atoms with Gasteiger partial charge < -0.3 is 0 Å². The van der Waals surface area contributed by atoms with Crippen molar-refractivity contribution in [3.8, 4) is 11.5 Å². The molecular weight excluding hydrogens is 515 g/mol. The average Bonchev–Trinajstić information content (AvgIpc) is 3.04. The molecule has 0 amide bonds. The van der Waals surface area contributed by atoms with Gasteiger partial charge in [-0.2, -0.15) is 0 Å². The number of hydrogen-bond donors (Lipinski definition) is 2. The van der Waals surface area contributed by atoms with Crippen LogP contribution in [0.2, 0.25) is 0 Å². The normalized spacial score (nSPS) is 11.9. The third-order valence-corrected chi connectivity index (χ3v) is 7.14. The molecule has 3 aromatic rings. The van der Waals surface area contributed by atoms with Gasteiger partial charge in [0.2, 0.25) is 0 Å². The molecule has 0 fully saturated rings. The number of nitrogen functional groups attached to an aromatic ring is 1. The molecule has 10 heteroatoms. The van der Waals surface area contributed by atoms with Crippen LogP contribution in [-0.2, 0) is 16.3 Å². The van der Waals surface area contributed by atoms with Crippen LogP contribution in [0.1, 0.15) is 11.1 Å². The molecule has 0 aliphatic heterocycles. The number of amidine groups is 1. The minimum atomic E-state index is -3.29. The van der Waals surface area contributed by atoms with Gasteiger partial charge in [-0.15, -0.1) is 0 Å². The van der Waals surface area contributed by atoms with Crippen LogP contribution in [0.5, 0.6) is 11.5 Å². The molecule has 0 aliphatic rings. The van der Waals surface area contributed by atoms with Gasteiger partial charge in [0.1, 0.15) is 0 Å². The number of rotatable bonds is 7.